The normalized spacial score (nSPS) is 10.9. The minimum Gasteiger partial charge on any atom is -0.341 e. The molecule has 0 radical (unpaired) electrons. The lowest BCUT2D eigenvalue weighted by Gasteiger charge is -2.17. The quantitative estimate of drug-likeness (QED) is 0.724. The molecule has 0 spiro atoms. The van der Waals surface area contributed by atoms with Gasteiger partial charge in [0.25, 0.3) is 0 Å². The molecule has 0 aliphatic heterocycles. The van der Waals surface area contributed by atoms with Crippen LogP contribution in [0.4, 0.5) is 0 Å². The molecule has 0 saturated carbocycles. The van der Waals surface area contributed by atoms with Crippen molar-refractivity contribution < 1.29 is 4.79 Å². The molecule has 3 rings (SSSR count). The highest BCUT2D eigenvalue weighted by molar-refractivity contribution is 5.80. The molecule has 0 atom stereocenters. The lowest BCUT2D eigenvalue weighted by Crippen LogP contribution is -2.27. The minimum atomic E-state index is 0.129. The number of hydrogen-bond donors (Lipinski definition) is 0. The van der Waals surface area contributed by atoms with Crippen LogP contribution in [0.5, 0.6) is 0 Å². The van der Waals surface area contributed by atoms with Gasteiger partial charge in [0, 0.05) is 25.4 Å². The van der Waals surface area contributed by atoms with Crippen molar-refractivity contribution in [3.8, 4) is 0 Å². The molecule has 2 aromatic carbocycles. The summed E-state index contributed by atoms with van der Waals surface area (Å²) in [5.41, 5.74) is 3.44. The topological polar surface area (TPSA) is 38.1 Å². The zero-order valence-electron chi connectivity index (χ0n) is 13.6. The Morgan fingerprint density at radius 2 is 1.96 bits per heavy atom. The molecule has 0 bridgehead atoms. The summed E-state index contributed by atoms with van der Waals surface area (Å²) < 4.78 is 1.91. The van der Waals surface area contributed by atoms with Crippen LogP contribution >= 0.6 is 0 Å². The number of benzene rings is 2. The summed E-state index contributed by atoms with van der Waals surface area (Å²) in [5.74, 6) is 0.129. The van der Waals surface area contributed by atoms with Crippen molar-refractivity contribution in [2.45, 2.75) is 26.4 Å². The molecule has 0 fully saturated rings. The average Bonchev–Trinajstić information content (AvgIpc) is 2.95. The van der Waals surface area contributed by atoms with Crippen molar-refractivity contribution in [1.29, 1.82) is 0 Å². The Bertz CT molecular complexity index is 808. The van der Waals surface area contributed by atoms with Gasteiger partial charge in [-0.25, -0.2) is 0 Å². The molecule has 4 nitrogen and oxygen atoms in total. The molecule has 0 aliphatic carbocycles. The van der Waals surface area contributed by atoms with E-state index in [9.17, 15) is 4.79 Å². The summed E-state index contributed by atoms with van der Waals surface area (Å²) in [7, 11) is 1.85. The fourth-order valence-electron chi connectivity index (χ4n) is 2.72. The standard InChI is InChI=1S/C19H21N3O/c1-15-8-9-18-17(12-15)13-20-22(18)11-10-19(23)21(2)14-16-6-4-3-5-7-16/h3-9,12-13H,10-11,14H2,1-2H3. The van der Waals surface area contributed by atoms with Crippen molar-refractivity contribution in [3.05, 3.63) is 65.9 Å². The maximum absolute atomic E-state index is 12.3. The van der Waals surface area contributed by atoms with E-state index in [0.717, 1.165) is 16.5 Å². The van der Waals surface area contributed by atoms with E-state index in [1.165, 1.54) is 5.56 Å². The van der Waals surface area contributed by atoms with Gasteiger partial charge < -0.3 is 4.90 Å². The highest BCUT2D eigenvalue weighted by Gasteiger charge is 2.11. The van der Waals surface area contributed by atoms with Crippen LogP contribution in [0, 0.1) is 6.92 Å². The Morgan fingerprint density at radius 1 is 1.17 bits per heavy atom. The number of nitrogens with zero attached hydrogens (tertiary/aromatic N) is 3. The number of amides is 1. The first-order valence-corrected chi connectivity index (χ1v) is 7.83. The predicted molar refractivity (Wildman–Crippen MR) is 92.0 cm³/mol. The van der Waals surface area contributed by atoms with E-state index in [1.807, 2.05) is 48.3 Å². The smallest absolute Gasteiger partial charge is 0.224 e. The van der Waals surface area contributed by atoms with Crippen molar-refractivity contribution in [2.24, 2.45) is 0 Å². The number of carbonyl (C=O) groups excluding carboxylic acids is 1. The maximum Gasteiger partial charge on any atom is 0.224 e. The van der Waals surface area contributed by atoms with Crippen LogP contribution in [0.15, 0.2) is 54.7 Å². The van der Waals surface area contributed by atoms with Gasteiger partial charge in [-0.15, -0.1) is 0 Å². The summed E-state index contributed by atoms with van der Waals surface area (Å²) >= 11 is 0. The molecule has 0 aliphatic rings. The number of carbonyl (C=O) groups is 1. The predicted octanol–water partition coefficient (Wildman–Crippen LogP) is 3.39. The second-order valence-electron chi connectivity index (χ2n) is 5.92. The summed E-state index contributed by atoms with van der Waals surface area (Å²) in [6.07, 6.45) is 2.31. The van der Waals surface area contributed by atoms with Gasteiger partial charge in [0.15, 0.2) is 0 Å². The zero-order valence-corrected chi connectivity index (χ0v) is 13.6. The first kappa shape index (κ1) is 15.3. The molecule has 1 heterocycles. The number of hydrogen-bond acceptors (Lipinski definition) is 2. The van der Waals surface area contributed by atoms with E-state index in [1.54, 1.807) is 4.90 Å². The van der Waals surface area contributed by atoms with Crippen molar-refractivity contribution >= 4 is 16.8 Å². The van der Waals surface area contributed by atoms with Crippen LogP contribution in [-0.4, -0.2) is 27.6 Å². The van der Waals surface area contributed by atoms with Gasteiger partial charge in [0.2, 0.25) is 5.91 Å². The molecule has 1 amide bonds. The fraction of sp³-hybridized carbons (Fsp3) is 0.263. The lowest BCUT2D eigenvalue weighted by atomic mass is 10.2. The van der Waals surface area contributed by atoms with E-state index < -0.39 is 0 Å². The molecule has 0 saturated heterocycles. The summed E-state index contributed by atoms with van der Waals surface area (Å²) in [5, 5.41) is 5.52. The SMILES string of the molecule is Cc1ccc2c(cnn2CCC(=O)N(C)Cc2ccccc2)c1. The van der Waals surface area contributed by atoms with E-state index in [4.69, 9.17) is 0 Å². The zero-order chi connectivity index (χ0) is 16.2. The maximum atomic E-state index is 12.3. The molecular formula is C19H21N3O. The van der Waals surface area contributed by atoms with Crippen LogP contribution in [0.1, 0.15) is 17.5 Å². The van der Waals surface area contributed by atoms with Gasteiger partial charge in [-0.05, 0) is 24.6 Å². The van der Waals surface area contributed by atoms with E-state index in [2.05, 4.69) is 30.2 Å². The van der Waals surface area contributed by atoms with Crippen molar-refractivity contribution in [1.82, 2.24) is 14.7 Å². The largest absolute Gasteiger partial charge is 0.341 e. The Hall–Kier alpha value is -2.62. The van der Waals surface area contributed by atoms with Crippen LogP contribution in [0.3, 0.4) is 0 Å². The molecule has 118 valence electrons. The third kappa shape index (κ3) is 3.59. The minimum absolute atomic E-state index is 0.129. The number of aromatic nitrogens is 2. The molecule has 0 unspecified atom stereocenters. The Labute approximate surface area is 136 Å². The summed E-state index contributed by atoms with van der Waals surface area (Å²) in [6.45, 7) is 3.31. The lowest BCUT2D eigenvalue weighted by molar-refractivity contribution is -0.130. The van der Waals surface area contributed by atoms with Gasteiger partial charge in [0.1, 0.15) is 0 Å². The van der Waals surface area contributed by atoms with Crippen LogP contribution in [-0.2, 0) is 17.9 Å². The van der Waals surface area contributed by atoms with Gasteiger partial charge >= 0.3 is 0 Å². The van der Waals surface area contributed by atoms with Gasteiger partial charge in [-0.3, -0.25) is 9.48 Å². The third-order valence-electron chi connectivity index (χ3n) is 4.02. The molecular weight excluding hydrogens is 286 g/mol. The van der Waals surface area contributed by atoms with Crippen molar-refractivity contribution in [3.63, 3.8) is 0 Å². The molecule has 3 aromatic rings. The third-order valence-corrected chi connectivity index (χ3v) is 4.02. The fourth-order valence-corrected chi connectivity index (χ4v) is 2.72. The number of fused-ring (bicyclic) bond motifs is 1. The summed E-state index contributed by atoms with van der Waals surface area (Å²) in [4.78, 5) is 14.1. The second-order valence-corrected chi connectivity index (χ2v) is 5.92. The monoisotopic (exact) mass is 307 g/mol. The second kappa shape index (κ2) is 6.65. The highest BCUT2D eigenvalue weighted by atomic mass is 16.2. The number of rotatable bonds is 5. The van der Waals surface area contributed by atoms with E-state index >= 15 is 0 Å². The first-order chi connectivity index (χ1) is 11.1. The Morgan fingerprint density at radius 3 is 2.74 bits per heavy atom. The van der Waals surface area contributed by atoms with Gasteiger partial charge in [-0.1, -0.05) is 42.0 Å². The average molecular weight is 307 g/mol. The molecule has 0 N–H and O–H groups in total. The van der Waals surface area contributed by atoms with Crippen LogP contribution in [0.25, 0.3) is 10.9 Å². The van der Waals surface area contributed by atoms with E-state index in [-0.39, 0.29) is 5.91 Å². The van der Waals surface area contributed by atoms with Gasteiger partial charge in [-0.2, -0.15) is 5.10 Å². The van der Waals surface area contributed by atoms with Crippen molar-refractivity contribution in [2.75, 3.05) is 7.05 Å². The van der Waals surface area contributed by atoms with E-state index in [0.29, 0.717) is 19.5 Å². The van der Waals surface area contributed by atoms with Gasteiger partial charge in [0.05, 0.1) is 18.3 Å². The molecule has 23 heavy (non-hydrogen) atoms. The summed E-state index contributed by atoms with van der Waals surface area (Å²) in [6, 6.07) is 16.3. The first-order valence-electron chi connectivity index (χ1n) is 7.83. The molecule has 4 heteroatoms. The molecule has 1 aromatic heterocycles. The van der Waals surface area contributed by atoms with Crippen LogP contribution < -0.4 is 0 Å². The Kier molecular flexibility index (Phi) is 4.42. The highest BCUT2D eigenvalue weighted by Crippen LogP contribution is 2.16. The Balaban J connectivity index is 1.61. The number of aryl methyl sites for hydroxylation is 2. The van der Waals surface area contributed by atoms with Crippen LogP contribution in [0.2, 0.25) is 0 Å².